The van der Waals surface area contributed by atoms with Crippen LogP contribution in [0.3, 0.4) is 0 Å². The third-order valence-corrected chi connectivity index (χ3v) is 3.03. The van der Waals surface area contributed by atoms with E-state index in [-0.39, 0.29) is 17.1 Å². The van der Waals surface area contributed by atoms with Crippen molar-refractivity contribution in [1.82, 2.24) is 9.97 Å². The number of non-ortho nitro benzene ring substituents is 1. The second kappa shape index (κ2) is 4.78. The number of aromatic amines is 1. The first-order valence-corrected chi connectivity index (χ1v) is 5.99. The van der Waals surface area contributed by atoms with Gasteiger partial charge in [-0.15, -0.1) is 0 Å². The fourth-order valence-electron chi connectivity index (χ4n) is 2.02. The Morgan fingerprint density at radius 3 is 2.71 bits per heavy atom. The SMILES string of the molecule is O=c1[nH]c(-c2cc([N+](=O)[O-])ccc2F)nc2ccccc12. The molecule has 0 radical (unpaired) electrons. The molecule has 0 amide bonds. The third kappa shape index (κ3) is 2.25. The van der Waals surface area contributed by atoms with Crippen molar-refractivity contribution >= 4 is 16.6 Å². The van der Waals surface area contributed by atoms with Crippen LogP contribution >= 0.6 is 0 Å². The number of hydrogen-bond donors (Lipinski definition) is 1. The molecule has 3 rings (SSSR count). The highest BCUT2D eigenvalue weighted by atomic mass is 19.1. The second-order valence-corrected chi connectivity index (χ2v) is 4.35. The molecule has 0 spiro atoms. The van der Waals surface area contributed by atoms with Gasteiger partial charge in [0.15, 0.2) is 0 Å². The number of nitro groups is 1. The van der Waals surface area contributed by atoms with Gasteiger partial charge in [-0.05, 0) is 18.2 Å². The maximum atomic E-state index is 13.9. The molecule has 3 aromatic rings. The van der Waals surface area contributed by atoms with Crippen molar-refractivity contribution in [2.45, 2.75) is 0 Å². The molecule has 0 saturated carbocycles. The largest absolute Gasteiger partial charge is 0.306 e. The summed E-state index contributed by atoms with van der Waals surface area (Å²) in [7, 11) is 0. The predicted molar refractivity (Wildman–Crippen MR) is 74.4 cm³/mol. The second-order valence-electron chi connectivity index (χ2n) is 4.35. The van der Waals surface area contributed by atoms with E-state index in [2.05, 4.69) is 9.97 Å². The van der Waals surface area contributed by atoms with Gasteiger partial charge in [0.25, 0.3) is 11.2 Å². The van der Waals surface area contributed by atoms with Crippen LogP contribution in [0.4, 0.5) is 10.1 Å². The van der Waals surface area contributed by atoms with Crippen LogP contribution in [0.5, 0.6) is 0 Å². The number of para-hydroxylation sites is 1. The summed E-state index contributed by atoms with van der Waals surface area (Å²) in [6, 6.07) is 9.66. The van der Waals surface area contributed by atoms with E-state index in [0.717, 1.165) is 18.2 Å². The number of halogens is 1. The Labute approximate surface area is 117 Å². The Morgan fingerprint density at radius 1 is 1.19 bits per heavy atom. The third-order valence-electron chi connectivity index (χ3n) is 3.03. The summed E-state index contributed by atoms with van der Waals surface area (Å²) >= 11 is 0. The van der Waals surface area contributed by atoms with Crippen molar-refractivity contribution < 1.29 is 9.31 Å². The highest BCUT2D eigenvalue weighted by Gasteiger charge is 2.15. The lowest BCUT2D eigenvalue weighted by Crippen LogP contribution is -2.10. The van der Waals surface area contributed by atoms with Gasteiger partial charge in [0.2, 0.25) is 0 Å². The summed E-state index contributed by atoms with van der Waals surface area (Å²) < 4.78 is 13.9. The number of nitro benzene ring substituents is 1. The number of rotatable bonds is 2. The summed E-state index contributed by atoms with van der Waals surface area (Å²) in [6.45, 7) is 0. The van der Waals surface area contributed by atoms with Gasteiger partial charge in [-0.2, -0.15) is 0 Å². The zero-order chi connectivity index (χ0) is 15.0. The molecule has 0 atom stereocenters. The molecule has 1 heterocycles. The van der Waals surface area contributed by atoms with Crippen molar-refractivity contribution in [3.8, 4) is 11.4 Å². The zero-order valence-electron chi connectivity index (χ0n) is 10.5. The Morgan fingerprint density at radius 2 is 1.95 bits per heavy atom. The van der Waals surface area contributed by atoms with Gasteiger partial charge in [0.05, 0.1) is 21.4 Å². The zero-order valence-corrected chi connectivity index (χ0v) is 10.5. The number of aromatic nitrogens is 2. The summed E-state index contributed by atoms with van der Waals surface area (Å²) in [5.41, 5.74) is -0.432. The van der Waals surface area contributed by atoms with Crippen molar-refractivity contribution in [2.75, 3.05) is 0 Å². The first kappa shape index (κ1) is 12.9. The minimum atomic E-state index is -0.695. The lowest BCUT2D eigenvalue weighted by Gasteiger charge is -2.04. The van der Waals surface area contributed by atoms with Crippen LogP contribution in [-0.4, -0.2) is 14.9 Å². The van der Waals surface area contributed by atoms with Gasteiger partial charge in [0.1, 0.15) is 11.6 Å². The fraction of sp³-hybridized carbons (Fsp3) is 0. The molecule has 0 aliphatic heterocycles. The number of nitrogens with one attached hydrogen (secondary N) is 1. The molecule has 1 N–H and O–H groups in total. The van der Waals surface area contributed by atoms with Crippen LogP contribution in [0.25, 0.3) is 22.3 Å². The molecule has 0 aliphatic rings. The summed E-state index contributed by atoms with van der Waals surface area (Å²) in [5, 5.41) is 11.1. The minimum Gasteiger partial charge on any atom is -0.306 e. The molecular weight excluding hydrogens is 277 g/mol. The van der Waals surface area contributed by atoms with Crippen LogP contribution in [-0.2, 0) is 0 Å². The molecule has 0 aliphatic carbocycles. The highest BCUT2D eigenvalue weighted by molar-refractivity contribution is 5.79. The molecule has 21 heavy (non-hydrogen) atoms. The van der Waals surface area contributed by atoms with Crippen LogP contribution in [0.2, 0.25) is 0 Å². The van der Waals surface area contributed by atoms with Crippen molar-refractivity contribution in [3.05, 3.63) is 68.7 Å². The smallest absolute Gasteiger partial charge is 0.270 e. The van der Waals surface area contributed by atoms with Gasteiger partial charge >= 0.3 is 0 Å². The summed E-state index contributed by atoms with van der Waals surface area (Å²) in [5.74, 6) is -0.737. The first-order chi connectivity index (χ1) is 10.1. The highest BCUT2D eigenvalue weighted by Crippen LogP contribution is 2.24. The van der Waals surface area contributed by atoms with E-state index < -0.39 is 16.3 Å². The molecule has 7 heteroatoms. The number of H-pyrrole nitrogens is 1. The van der Waals surface area contributed by atoms with Crippen LogP contribution in [0.1, 0.15) is 0 Å². The average molecular weight is 285 g/mol. The van der Waals surface area contributed by atoms with E-state index in [9.17, 15) is 19.3 Å². The summed E-state index contributed by atoms with van der Waals surface area (Å²) in [4.78, 5) is 28.7. The van der Waals surface area contributed by atoms with Gasteiger partial charge in [-0.3, -0.25) is 14.9 Å². The van der Waals surface area contributed by atoms with Gasteiger partial charge in [-0.1, -0.05) is 12.1 Å². The van der Waals surface area contributed by atoms with E-state index in [0.29, 0.717) is 10.9 Å². The Kier molecular flexibility index (Phi) is 2.94. The topological polar surface area (TPSA) is 88.9 Å². The molecule has 6 nitrogen and oxygen atoms in total. The Balaban J connectivity index is 2.28. The van der Waals surface area contributed by atoms with Crippen LogP contribution in [0.15, 0.2) is 47.3 Å². The standard InChI is InChI=1S/C14H8FN3O3/c15-11-6-5-8(18(20)21)7-10(11)13-16-12-4-2-1-3-9(12)14(19)17-13/h1-7H,(H,16,17,19). The van der Waals surface area contributed by atoms with Crippen LogP contribution in [0, 0.1) is 15.9 Å². The number of fused-ring (bicyclic) bond motifs is 1. The Bertz CT molecular complexity index is 921. The van der Waals surface area contributed by atoms with E-state index >= 15 is 0 Å². The van der Waals surface area contributed by atoms with Crippen molar-refractivity contribution in [1.29, 1.82) is 0 Å². The molecular formula is C14H8FN3O3. The van der Waals surface area contributed by atoms with Crippen molar-refractivity contribution in [2.24, 2.45) is 0 Å². The van der Waals surface area contributed by atoms with Crippen LogP contribution < -0.4 is 5.56 Å². The van der Waals surface area contributed by atoms with Gasteiger partial charge < -0.3 is 4.98 Å². The number of hydrogen-bond acceptors (Lipinski definition) is 4. The fourth-order valence-corrected chi connectivity index (χ4v) is 2.02. The average Bonchev–Trinajstić information content (AvgIpc) is 2.47. The molecule has 0 saturated heterocycles. The van der Waals surface area contributed by atoms with Gasteiger partial charge in [-0.25, -0.2) is 9.37 Å². The molecule has 0 unspecified atom stereocenters. The lowest BCUT2D eigenvalue weighted by molar-refractivity contribution is -0.384. The lowest BCUT2D eigenvalue weighted by atomic mass is 10.1. The van der Waals surface area contributed by atoms with E-state index in [4.69, 9.17) is 0 Å². The first-order valence-electron chi connectivity index (χ1n) is 5.99. The van der Waals surface area contributed by atoms with Crippen molar-refractivity contribution in [3.63, 3.8) is 0 Å². The maximum Gasteiger partial charge on any atom is 0.270 e. The van der Waals surface area contributed by atoms with E-state index in [1.807, 2.05) is 0 Å². The molecule has 2 aromatic carbocycles. The van der Waals surface area contributed by atoms with Gasteiger partial charge in [0, 0.05) is 12.1 Å². The molecule has 1 aromatic heterocycles. The number of benzene rings is 2. The quantitative estimate of drug-likeness (QED) is 0.579. The summed E-state index contributed by atoms with van der Waals surface area (Å²) in [6.07, 6.45) is 0. The van der Waals surface area contributed by atoms with E-state index in [1.54, 1.807) is 24.3 Å². The normalized spacial score (nSPS) is 10.7. The monoisotopic (exact) mass is 285 g/mol. The van der Waals surface area contributed by atoms with E-state index in [1.165, 1.54) is 0 Å². The number of nitrogens with zero attached hydrogens (tertiary/aromatic N) is 2. The molecule has 104 valence electrons. The maximum absolute atomic E-state index is 13.9. The molecule has 0 bridgehead atoms. The minimum absolute atomic E-state index is 0.0418. The molecule has 0 fully saturated rings. The Hall–Kier alpha value is -3.09. The predicted octanol–water partition coefficient (Wildman–Crippen LogP) is 2.64.